The SMILES string of the molecule is CCOC(=O)N1CCN(C(CC)C(=O)c2ccc(N)cc2)CC1. The van der Waals surface area contributed by atoms with E-state index in [0.717, 1.165) is 6.42 Å². The van der Waals surface area contributed by atoms with E-state index in [1.165, 1.54) is 0 Å². The van der Waals surface area contributed by atoms with Crippen LogP contribution in [0.5, 0.6) is 0 Å². The molecule has 1 heterocycles. The molecule has 0 aliphatic carbocycles. The standard InChI is InChI=1S/C17H25N3O3/c1-3-15(16(21)13-5-7-14(18)8-6-13)19-9-11-20(12-10-19)17(22)23-4-2/h5-8,15H,3-4,9-12,18H2,1-2H3. The van der Waals surface area contributed by atoms with Crippen molar-refractivity contribution >= 4 is 17.6 Å². The summed E-state index contributed by atoms with van der Waals surface area (Å²) >= 11 is 0. The number of Topliss-reactive ketones (excluding diaryl/α,β-unsaturated/α-hetero) is 1. The van der Waals surface area contributed by atoms with Gasteiger partial charge in [-0.2, -0.15) is 0 Å². The van der Waals surface area contributed by atoms with Gasteiger partial charge in [-0.1, -0.05) is 6.92 Å². The number of hydrogen-bond donors (Lipinski definition) is 1. The quantitative estimate of drug-likeness (QED) is 0.663. The van der Waals surface area contributed by atoms with E-state index in [0.29, 0.717) is 44.0 Å². The molecule has 1 fully saturated rings. The number of amides is 1. The highest BCUT2D eigenvalue weighted by molar-refractivity contribution is 6.00. The molecule has 126 valence electrons. The smallest absolute Gasteiger partial charge is 0.409 e. The van der Waals surface area contributed by atoms with Crippen molar-refractivity contribution < 1.29 is 14.3 Å². The second-order valence-corrected chi connectivity index (χ2v) is 5.63. The van der Waals surface area contributed by atoms with Gasteiger partial charge in [-0.3, -0.25) is 9.69 Å². The van der Waals surface area contributed by atoms with Crippen LogP contribution >= 0.6 is 0 Å². The van der Waals surface area contributed by atoms with Crippen molar-refractivity contribution in [1.82, 2.24) is 9.80 Å². The molecule has 1 saturated heterocycles. The number of nitrogens with zero attached hydrogens (tertiary/aromatic N) is 2. The van der Waals surface area contributed by atoms with Gasteiger partial charge in [0.05, 0.1) is 12.6 Å². The molecule has 0 bridgehead atoms. The summed E-state index contributed by atoms with van der Waals surface area (Å²) in [6.45, 7) is 6.72. The zero-order valence-corrected chi connectivity index (χ0v) is 13.8. The lowest BCUT2D eigenvalue weighted by Gasteiger charge is -2.37. The molecule has 0 aromatic heterocycles. The van der Waals surface area contributed by atoms with Crippen LogP contribution in [0.1, 0.15) is 30.6 Å². The Morgan fingerprint density at radius 3 is 2.26 bits per heavy atom. The molecule has 0 radical (unpaired) electrons. The maximum atomic E-state index is 12.7. The Morgan fingerprint density at radius 1 is 1.13 bits per heavy atom. The van der Waals surface area contributed by atoms with E-state index in [1.807, 2.05) is 6.92 Å². The number of nitrogen functional groups attached to an aromatic ring is 1. The van der Waals surface area contributed by atoms with E-state index in [1.54, 1.807) is 36.1 Å². The van der Waals surface area contributed by atoms with Gasteiger partial charge in [-0.05, 0) is 37.6 Å². The van der Waals surface area contributed by atoms with Gasteiger partial charge >= 0.3 is 6.09 Å². The highest BCUT2D eigenvalue weighted by atomic mass is 16.6. The van der Waals surface area contributed by atoms with Gasteiger partial charge in [0, 0.05) is 37.4 Å². The molecule has 0 saturated carbocycles. The third kappa shape index (κ3) is 4.22. The van der Waals surface area contributed by atoms with Crippen molar-refractivity contribution in [3.05, 3.63) is 29.8 Å². The molecular weight excluding hydrogens is 294 g/mol. The first-order valence-electron chi connectivity index (χ1n) is 8.12. The van der Waals surface area contributed by atoms with Crippen LogP contribution in [-0.2, 0) is 4.74 Å². The predicted octanol–water partition coefficient (Wildman–Crippen LogP) is 2.00. The van der Waals surface area contributed by atoms with Crippen LogP contribution in [0.15, 0.2) is 24.3 Å². The van der Waals surface area contributed by atoms with E-state index in [2.05, 4.69) is 4.90 Å². The Labute approximate surface area is 137 Å². The third-order valence-corrected chi connectivity index (χ3v) is 4.17. The summed E-state index contributed by atoms with van der Waals surface area (Å²) in [6, 6.07) is 6.88. The Hall–Kier alpha value is -2.08. The topological polar surface area (TPSA) is 75.9 Å². The minimum atomic E-state index is -0.273. The van der Waals surface area contributed by atoms with E-state index in [4.69, 9.17) is 10.5 Å². The molecule has 6 heteroatoms. The van der Waals surface area contributed by atoms with Crippen LogP contribution in [0.3, 0.4) is 0 Å². The molecule has 1 aromatic rings. The maximum Gasteiger partial charge on any atom is 0.409 e. The van der Waals surface area contributed by atoms with Gasteiger partial charge in [0.1, 0.15) is 0 Å². The minimum absolute atomic E-state index is 0.108. The number of hydrogen-bond acceptors (Lipinski definition) is 5. The molecular formula is C17H25N3O3. The number of benzene rings is 1. The molecule has 1 aliphatic rings. The van der Waals surface area contributed by atoms with Gasteiger partial charge in [-0.15, -0.1) is 0 Å². The molecule has 1 aliphatic heterocycles. The summed E-state index contributed by atoms with van der Waals surface area (Å²) in [5.74, 6) is 0.108. The van der Waals surface area contributed by atoms with Crippen molar-refractivity contribution in [2.24, 2.45) is 0 Å². The lowest BCUT2D eigenvalue weighted by molar-refractivity contribution is 0.0569. The van der Waals surface area contributed by atoms with Gasteiger partial charge < -0.3 is 15.4 Å². The average Bonchev–Trinajstić information content (AvgIpc) is 2.57. The summed E-state index contributed by atoms with van der Waals surface area (Å²) < 4.78 is 5.02. The lowest BCUT2D eigenvalue weighted by atomic mass is 10.00. The van der Waals surface area contributed by atoms with E-state index in [-0.39, 0.29) is 17.9 Å². The van der Waals surface area contributed by atoms with Crippen LogP contribution in [0, 0.1) is 0 Å². The van der Waals surface area contributed by atoms with Gasteiger partial charge in [-0.25, -0.2) is 4.79 Å². The Kier molecular flexibility index (Phi) is 5.98. The monoisotopic (exact) mass is 319 g/mol. The Bertz CT molecular complexity index is 537. The minimum Gasteiger partial charge on any atom is -0.450 e. The number of piperazine rings is 1. The maximum absolute atomic E-state index is 12.7. The van der Waals surface area contributed by atoms with Crippen LogP contribution in [0.25, 0.3) is 0 Å². The molecule has 1 atom stereocenters. The zero-order chi connectivity index (χ0) is 16.8. The van der Waals surface area contributed by atoms with Crippen LogP contribution in [-0.4, -0.2) is 60.5 Å². The first kappa shape index (κ1) is 17.3. The summed E-state index contributed by atoms with van der Waals surface area (Å²) in [5, 5.41) is 0. The van der Waals surface area contributed by atoms with Crippen molar-refractivity contribution in [2.75, 3.05) is 38.5 Å². The fraction of sp³-hybridized carbons (Fsp3) is 0.529. The van der Waals surface area contributed by atoms with Crippen LogP contribution < -0.4 is 5.73 Å². The number of carbonyl (C=O) groups excluding carboxylic acids is 2. The van der Waals surface area contributed by atoms with Crippen molar-refractivity contribution in [3.63, 3.8) is 0 Å². The highest BCUT2D eigenvalue weighted by Crippen LogP contribution is 2.16. The van der Waals surface area contributed by atoms with Crippen molar-refractivity contribution in [2.45, 2.75) is 26.3 Å². The van der Waals surface area contributed by atoms with E-state index < -0.39 is 0 Å². The zero-order valence-electron chi connectivity index (χ0n) is 13.8. The van der Waals surface area contributed by atoms with Crippen molar-refractivity contribution in [1.29, 1.82) is 0 Å². The van der Waals surface area contributed by atoms with Crippen molar-refractivity contribution in [3.8, 4) is 0 Å². The second-order valence-electron chi connectivity index (χ2n) is 5.63. The fourth-order valence-corrected chi connectivity index (χ4v) is 2.88. The second kappa shape index (κ2) is 7.97. The molecule has 2 N–H and O–H groups in total. The largest absolute Gasteiger partial charge is 0.450 e. The van der Waals surface area contributed by atoms with Crippen LogP contribution in [0.2, 0.25) is 0 Å². The summed E-state index contributed by atoms with van der Waals surface area (Å²) in [7, 11) is 0. The first-order valence-corrected chi connectivity index (χ1v) is 8.12. The molecule has 2 rings (SSSR count). The first-order chi connectivity index (χ1) is 11.1. The molecule has 6 nitrogen and oxygen atoms in total. The summed E-state index contributed by atoms with van der Waals surface area (Å²) in [4.78, 5) is 28.3. The predicted molar refractivity (Wildman–Crippen MR) is 89.4 cm³/mol. The average molecular weight is 319 g/mol. The van der Waals surface area contributed by atoms with E-state index >= 15 is 0 Å². The number of anilines is 1. The molecule has 1 unspecified atom stereocenters. The number of rotatable bonds is 5. The highest BCUT2D eigenvalue weighted by Gasteiger charge is 2.30. The van der Waals surface area contributed by atoms with Gasteiger partial charge in [0.25, 0.3) is 0 Å². The molecule has 0 spiro atoms. The number of carbonyl (C=O) groups is 2. The fourth-order valence-electron chi connectivity index (χ4n) is 2.88. The number of nitrogens with two attached hydrogens (primary N) is 1. The molecule has 1 amide bonds. The van der Waals surface area contributed by atoms with Gasteiger partial charge in [0.2, 0.25) is 0 Å². The number of ether oxygens (including phenoxy) is 1. The summed E-state index contributed by atoms with van der Waals surface area (Å²) in [6.07, 6.45) is 0.466. The molecule has 23 heavy (non-hydrogen) atoms. The van der Waals surface area contributed by atoms with Crippen LogP contribution in [0.4, 0.5) is 10.5 Å². The molecule has 1 aromatic carbocycles. The Balaban J connectivity index is 1.98. The normalized spacial score (nSPS) is 16.9. The van der Waals surface area contributed by atoms with Gasteiger partial charge in [0.15, 0.2) is 5.78 Å². The Morgan fingerprint density at radius 2 is 1.74 bits per heavy atom. The lowest BCUT2D eigenvalue weighted by Crippen LogP contribution is -2.53. The summed E-state index contributed by atoms with van der Waals surface area (Å²) in [5.41, 5.74) is 7.01. The third-order valence-electron chi connectivity index (χ3n) is 4.17. The van der Waals surface area contributed by atoms with E-state index in [9.17, 15) is 9.59 Å². The number of ketones is 1.